The van der Waals surface area contributed by atoms with Crippen molar-refractivity contribution in [3.8, 4) is 0 Å². The molecule has 1 heterocycles. The Morgan fingerprint density at radius 2 is 2.04 bits per heavy atom. The van der Waals surface area contributed by atoms with Gasteiger partial charge in [-0.1, -0.05) is 30.7 Å². The van der Waals surface area contributed by atoms with E-state index < -0.39 is 17.6 Å². The Labute approximate surface area is 167 Å². The van der Waals surface area contributed by atoms with Gasteiger partial charge in [0, 0.05) is 35.8 Å². The minimum atomic E-state index is -0.811. The number of nitrogens with zero attached hydrogens (tertiary/aromatic N) is 1. The van der Waals surface area contributed by atoms with Gasteiger partial charge in [-0.05, 0) is 42.3 Å². The molecule has 0 saturated carbocycles. The van der Waals surface area contributed by atoms with E-state index in [-0.39, 0.29) is 23.3 Å². The van der Waals surface area contributed by atoms with E-state index >= 15 is 0 Å². The van der Waals surface area contributed by atoms with Crippen molar-refractivity contribution in [2.24, 2.45) is 5.92 Å². The molecule has 1 fully saturated rings. The van der Waals surface area contributed by atoms with Gasteiger partial charge in [0.1, 0.15) is 11.7 Å². The smallest absolute Gasteiger partial charge is 0.239 e. The molecule has 1 saturated heterocycles. The Balaban J connectivity index is 1.66. The summed E-state index contributed by atoms with van der Waals surface area (Å²) in [5.41, 5.74) is 1.67. The van der Waals surface area contributed by atoms with Crippen LogP contribution in [0.5, 0.6) is 0 Å². The summed E-state index contributed by atoms with van der Waals surface area (Å²) in [7, 11) is 0. The molecule has 1 aliphatic rings. The van der Waals surface area contributed by atoms with Gasteiger partial charge >= 0.3 is 0 Å². The third-order valence-corrected chi connectivity index (χ3v) is 4.93. The maximum Gasteiger partial charge on any atom is 0.239 e. The summed E-state index contributed by atoms with van der Waals surface area (Å²) in [6.45, 7) is 2.26. The second-order valence-corrected chi connectivity index (χ2v) is 7.09. The van der Waals surface area contributed by atoms with Crippen LogP contribution in [-0.2, 0) is 16.1 Å². The Morgan fingerprint density at radius 3 is 2.75 bits per heavy atom. The molecule has 7 heteroatoms. The molecule has 5 nitrogen and oxygen atoms in total. The molecular formula is C21H20ClFN2O3. The van der Waals surface area contributed by atoms with Crippen LogP contribution in [0.1, 0.15) is 35.7 Å². The lowest BCUT2D eigenvalue weighted by molar-refractivity contribution is -0.132. The predicted octanol–water partition coefficient (Wildman–Crippen LogP) is 3.74. The topological polar surface area (TPSA) is 66.5 Å². The molecule has 0 aromatic heterocycles. The Kier molecular flexibility index (Phi) is 6.09. The second kappa shape index (κ2) is 8.52. The normalized spacial score (nSPS) is 16.3. The van der Waals surface area contributed by atoms with E-state index in [1.54, 1.807) is 37.3 Å². The van der Waals surface area contributed by atoms with Gasteiger partial charge in [-0.2, -0.15) is 0 Å². The number of rotatable bonds is 6. The average molecular weight is 403 g/mol. The van der Waals surface area contributed by atoms with E-state index in [2.05, 4.69) is 5.32 Å². The Bertz CT molecular complexity index is 911. The minimum absolute atomic E-state index is 0.00320. The highest BCUT2D eigenvalue weighted by Crippen LogP contribution is 2.26. The molecule has 2 aromatic rings. The number of hydrogen-bond donors (Lipinski definition) is 1. The molecule has 0 radical (unpaired) electrons. The van der Waals surface area contributed by atoms with Crippen LogP contribution in [0.4, 0.5) is 10.1 Å². The van der Waals surface area contributed by atoms with Crippen LogP contribution in [0.2, 0.25) is 5.02 Å². The van der Waals surface area contributed by atoms with Gasteiger partial charge in [0.05, 0.1) is 0 Å². The number of nitrogens with one attached hydrogen (secondary N) is 1. The van der Waals surface area contributed by atoms with Crippen LogP contribution in [0.25, 0.3) is 0 Å². The van der Waals surface area contributed by atoms with Crippen molar-refractivity contribution >= 4 is 34.9 Å². The van der Waals surface area contributed by atoms with Crippen molar-refractivity contribution < 1.29 is 18.8 Å². The third-order valence-electron chi connectivity index (χ3n) is 4.71. The van der Waals surface area contributed by atoms with Crippen molar-refractivity contribution in [2.45, 2.75) is 26.3 Å². The first-order chi connectivity index (χ1) is 13.4. The van der Waals surface area contributed by atoms with E-state index in [0.29, 0.717) is 36.2 Å². The first-order valence-corrected chi connectivity index (χ1v) is 9.44. The standard InChI is InChI=1S/C21H20ClFN2O3/c1-2-19(26)14-4-3-5-17(10-14)25-7-6-18(21(25)28)20(27)24-12-13-8-15(22)11-16(23)9-13/h3-5,8-11,18H,2,6-7,12H2,1H3,(H,24,27). The number of hydrogen-bond acceptors (Lipinski definition) is 3. The van der Waals surface area contributed by atoms with Gasteiger partial charge in [-0.15, -0.1) is 0 Å². The third kappa shape index (κ3) is 4.39. The zero-order chi connectivity index (χ0) is 20.3. The summed E-state index contributed by atoms with van der Waals surface area (Å²) in [5.74, 6) is -2.02. The van der Waals surface area contributed by atoms with Crippen LogP contribution < -0.4 is 10.2 Å². The van der Waals surface area contributed by atoms with Gasteiger partial charge in [-0.3, -0.25) is 14.4 Å². The van der Waals surface area contributed by atoms with E-state index in [1.807, 2.05) is 0 Å². The summed E-state index contributed by atoms with van der Waals surface area (Å²) < 4.78 is 13.4. The fourth-order valence-electron chi connectivity index (χ4n) is 3.26. The molecule has 1 aliphatic heterocycles. The molecule has 2 amide bonds. The minimum Gasteiger partial charge on any atom is -0.351 e. The summed E-state index contributed by atoms with van der Waals surface area (Å²) in [6, 6.07) is 10.9. The molecule has 0 aliphatic carbocycles. The van der Waals surface area contributed by atoms with Crippen molar-refractivity contribution in [1.82, 2.24) is 5.32 Å². The lowest BCUT2D eigenvalue weighted by Crippen LogP contribution is -2.36. The molecule has 146 valence electrons. The second-order valence-electron chi connectivity index (χ2n) is 6.65. The zero-order valence-corrected chi connectivity index (χ0v) is 16.1. The highest BCUT2D eigenvalue weighted by atomic mass is 35.5. The molecule has 0 bridgehead atoms. The Hall–Kier alpha value is -2.73. The van der Waals surface area contributed by atoms with E-state index in [9.17, 15) is 18.8 Å². The zero-order valence-electron chi connectivity index (χ0n) is 15.4. The summed E-state index contributed by atoms with van der Waals surface area (Å²) in [4.78, 5) is 38.6. The number of halogens is 2. The maximum absolute atomic E-state index is 13.4. The lowest BCUT2D eigenvalue weighted by Gasteiger charge is -2.17. The number of ketones is 1. The van der Waals surface area contributed by atoms with Gasteiger partial charge in [0.15, 0.2) is 5.78 Å². The highest BCUT2D eigenvalue weighted by Gasteiger charge is 2.37. The number of carbonyl (C=O) groups is 3. The van der Waals surface area contributed by atoms with Crippen molar-refractivity contribution in [3.05, 3.63) is 64.4 Å². The van der Waals surface area contributed by atoms with E-state index in [4.69, 9.17) is 11.6 Å². The number of carbonyl (C=O) groups excluding carboxylic acids is 3. The van der Waals surface area contributed by atoms with Crippen molar-refractivity contribution in [3.63, 3.8) is 0 Å². The highest BCUT2D eigenvalue weighted by molar-refractivity contribution is 6.30. The monoisotopic (exact) mass is 402 g/mol. The lowest BCUT2D eigenvalue weighted by atomic mass is 10.1. The van der Waals surface area contributed by atoms with Gasteiger partial charge in [0.25, 0.3) is 0 Å². The van der Waals surface area contributed by atoms with Gasteiger partial charge in [0.2, 0.25) is 11.8 Å². The molecule has 0 spiro atoms. The van der Waals surface area contributed by atoms with Crippen LogP contribution in [0.15, 0.2) is 42.5 Å². The molecule has 2 aromatic carbocycles. The predicted molar refractivity (Wildman–Crippen MR) is 105 cm³/mol. The largest absolute Gasteiger partial charge is 0.351 e. The van der Waals surface area contributed by atoms with Crippen LogP contribution in [0, 0.1) is 11.7 Å². The SMILES string of the molecule is CCC(=O)c1cccc(N2CCC(C(=O)NCc3cc(F)cc(Cl)c3)C2=O)c1. The van der Waals surface area contributed by atoms with E-state index in [1.165, 1.54) is 17.0 Å². The molecule has 28 heavy (non-hydrogen) atoms. The fourth-order valence-corrected chi connectivity index (χ4v) is 3.50. The molecule has 1 unspecified atom stereocenters. The average Bonchev–Trinajstić information content (AvgIpc) is 3.06. The van der Waals surface area contributed by atoms with Crippen molar-refractivity contribution in [1.29, 1.82) is 0 Å². The first kappa shape index (κ1) is 20.0. The summed E-state index contributed by atoms with van der Waals surface area (Å²) >= 11 is 5.81. The quantitative estimate of drug-likeness (QED) is 0.591. The van der Waals surface area contributed by atoms with Gasteiger partial charge < -0.3 is 10.2 Å². The molecule has 3 rings (SSSR count). The number of amides is 2. The fraction of sp³-hybridized carbons (Fsp3) is 0.286. The van der Waals surface area contributed by atoms with Crippen LogP contribution in [-0.4, -0.2) is 24.1 Å². The maximum atomic E-state index is 13.4. The van der Waals surface area contributed by atoms with Gasteiger partial charge in [-0.25, -0.2) is 4.39 Å². The molecule has 1 N–H and O–H groups in total. The van der Waals surface area contributed by atoms with E-state index in [0.717, 1.165) is 0 Å². The molecular weight excluding hydrogens is 383 g/mol. The summed E-state index contributed by atoms with van der Waals surface area (Å²) in [6.07, 6.45) is 0.757. The first-order valence-electron chi connectivity index (χ1n) is 9.06. The van der Waals surface area contributed by atoms with Crippen LogP contribution >= 0.6 is 11.6 Å². The number of anilines is 1. The van der Waals surface area contributed by atoms with Crippen molar-refractivity contribution in [2.75, 3.05) is 11.4 Å². The molecule has 1 atom stereocenters. The number of Topliss-reactive ketones (excluding diaryl/α,β-unsaturated/α-hetero) is 1. The Morgan fingerprint density at radius 1 is 1.25 bits per heavy atom. The number of benzene rings is 2. The van der Waals surface area contributed by atoms with Crippen LogP contribution in [0.3, 0.4) is 0 Å². The summed E-state index contributed by atoms with van der Waals surface area (Å²) in [5, 5.41) is 2.91.